The molecule has 1 unspecified atom stereocenters. The van der Waals surface area contributed by atoms with Crippen molar-refractivity contribution in [3.8, 4) is 6.07 Å². The van der Waals surface area contributed by atoms with Gasteiger partial charge in [-0.3, -0.25) is 9.59 Å². The van der Waals surface area contributed by atoms with Gasteiger partial charge in [0.2, 0.25) is 5.91 Å². The molecule has 1 aliphatic heterocycles. The van der Waals surface area contributed by atoms with Crippen LogP contribution in [0, 0.1) is 24.2 Å². The van der Waals surface area contributed by atoms with Gasteiger partial charge in [-0.25, -0.2) is 0 Å². The molecule has 0 bridgehead atoms. The molecule has 1 saturated carbocycles. The number of hydrogen-bond donors (Lipinski definition) is 1. The minimum Gasteiger partial charge on any atom is -0.338 e. The zero-order chi connectivity index (χ0) is 17.9. The van der Waals surface area contributed by atoms with Crippen molar-refractivity contribution in [3.63, 3.8) is 0 Å². The van der Waals surface area contributed by atoms with Crippen molar-refractivity contribution in [1.29, 1.82) is 5.26 Å². The Morgan fingerprint density at radius 1 is 1.20 bits per heavy atom. The zero-order valence-corrected chi connectivity index (χ0v) is 14.8. The van der Waals surface area contributed by atoms with Crippen LogP contribution in [0.1, 0.15) is 54.4 Å². The summed E-state index contributed by atoms with van der Waals surface area (Å²) in [6, 6.07) is 9.83. The number of piperidine rings is 1. The summed E-state index contributed by atoms with van der Waals surface area (Å²) < 4.78 is 0. The maximum absolute atomic E-state index is 12.7. The summed E-state index contributed by atoms with van der Waals surface area (Å²) in [5, 5.41) is 12.4. The molecule has 1 N–H and O–H groups in total. The fourth-order valence-corrected chi connectivity index (χ4v) is 3.84. The fourth-order valence-electron chi connectivity index (χ4n) is 3.84. The second-order valence-electron chi connectivity index (χ2n) is 7.35. The van der Waals surface area contributed by atoms with Crippen molar-refractivity contribution in [1.82, 2.24) is 10.2 Å². The molecule has 1 atom stereocenters. The van der Waals surface area contributed by atoms with Gasteiger partial charge in [-0.1, -0.05) is 17.7 Å². The van der Waals surface area contributed by atoms with E-state index in [0.29, 0.717) is 18.7 Å². The second kappa shape index (κ2) is 7.26. The highest BCUT2D eigenvalue weighted by atomic mass is 16.2. The van der Waals surface area contributed by atoms with Crippen LogP contribution >= 0.6 is 0 Å². The van der Waals surface area contributed by atoms with Crippen molar-refractivity contribution in [2.45, 2.75) is 51.0 Å². The van der Waals surface area contributed by atoms with Gasteiger partial charge in [-0.2, -0.15) is 5.26 Å². The Labute approximate surface area is 149 Å². The Kier molecular flexibility index (Phi) is 5.08. The Bertz CT molecular complexity index is 684. The number of benzene rings is 1. The van der Waals surface area contributed by atoms with Gasteiger partial charge in [0.1, 0.15) is 5.54 Å². The third kappa shape index (κ3) is 3.84. The van der Waals surface area contributed by atoms with Crippen LogP contribution in [0.25, 0.3) is 0 Å². The van der Waals surface area contributed by atoms with Crippen LogP contribution in [0.15, 0.2) is 24.3 Å². The number of rotatable bonds is 3. The molecule has 25 heavy (non-hydrogen) atoms. The first-order chi connectivity index (χ1) is 12.0. The number of nitrogens with zero attached hydrogens (tertiary/aromatic N) is 2. The molecule has 5 nitrogen and oxygen atoms in total. The van der Waals surface area contributed by atoms with Crippen LogP contribution < -0.4 is 5.32 Å². The minimum absolute atomic E-state index is 0.0200. The summed E-state index contributed by atoms with van der Waals surface area (Å²) in [5.41, 5.74) is 1.09. The van der Waals surface area contributed by atoms with Crippen LogP contribution in [0.2, 0.25) is 0 Å². The SMILES string of the molecule is Cc1ccc(C(=O)N2CCCC(C(=O)NC3(C#N)CCCC3)C2)cc1. The highest BCUT2D eigenvalue weighted by Crippen LogP contribution is 2.30. The fraction of sp³-hybridized carbons (Fsp3) is 0.550. The highest BCUT2D eigenvalue weighted by molar-refractivity contribution is 5.94. The van der Waals surface area contributed by atoms with Crippen molar-refractivity contribution in [2.75, 3.05) is 13.1 Å². The third-order valence-corrected chi connectivity index (χ3v) is 5.41. The molecule has 0 aromatic heterocycles. The van der Waals surface area contributed by atoms with Gasteiger partial charge in [0, 0.05) is 18.7 Å². The van der Waals surface area contributed by atoms with Crippen molar-refractivity contribution in [2.24, 2.45) is 5.92 Å². The van der Waals surface area contributed by atoms with Gasteiger partial charge in [0.05, 0.1) is 12.0 Å². The van der Waals surface area contributed by atoms with Gasteiger partial charge in [0.15, 0.2) is 0 Å². The Morgan fingerprint density at radius 2 is 1.88 bits per heavy atom. The van der Waals surface area contributed by atoms with E-state index in [0.717, 1.165) is 44.1 Å². The normalized spacial score (nSPS) is 22.2. The number of carbonyl (C=O) groups excluding carboxylic acids is 2. The third-order valence-electron chi connectivity index (χ3n) is 5.41. The topological polar surface area (TPSA) is 73.2 Å². The lowest BCUT2D eigenvalue weighted by Crippen LogP contribution is -2.51. The smallest absolute Gasteiger partial charge is 0.253 e. The largest absolute Gasteiger partial charge is 0.338 e. The van der Waals surface area contributed by atoms with Gasteiger partial charge in [0.25, 0.3) is 5.91 Å². The Balaban J connectivity index is 1.64. The molecule has 1 aromatic carbocycles. The van der Waals surface area contributed by atoms with E-state index in [1.54, 1.807) is 4.90 Å². The molecule has 0 radical (unpaired) electrons. The Morgan fingerprint density at radius 3 is 2.52 bits per heavy atom. The van der Waals surface area contributed by atoms with Gasteiger partial charge in [-0.05, 0) is 57.6 Å². The maximum Gasteiger partial charge on any atom is 0.253 e. The molecule has 1 aliphatic carbocycles. The molecule has 2 amide bonds. The van der Waals surface area contributed by atoms with E-state index in [1.807, 2.05) is 31.2 Å². The predicted molar refractivity (Wildman–Crippen MR) is 94.8 cm³/mol. The first-order valence-electron chi connectivity index (χ1n) is 9.12. The molecule has 1 heterocycles. The van der Waals surface area contributed by atoms with Crippen molar-refractivity contribution in [3.05, 3.63) is 35.4 Å². The molecule has 1 aromatic rings. The van der Waals surface area contributed by atoms with Crippen LogP contribution in [-0.2, 0) is 4.79 Å². The molecule has 0 spiro atoms. The molecule has 132 valence electrons. The summed E-state index contributed by atoms with van der Waals surface area (Å²) in [5.74, 6) is -0.327. The molecule has 1 saturated heterocycles. The quantitative estimate of drug-likeness (QED) is 0.920. The lowest BCUT2D eigenvalue weighted by atomic mass is 9.93. The molecule has 2 fully saturated rings. The maximum atomic E-state index is 12.7. The minimum atomic E-state index is -0.694. The summed E-state index contributed by atoms with van der Waals surface area (Å²) in [7, 11) is 0. The lowest BCUT2D eigenvalue weighted by molar-refractivity contribution is -0.127. The number of hydrogen-bond acceptors (Lipinski definition) is 3. The van der Waals surface area contributed by atoms with Crippen LogP contribution in [0.3, 0.4) is 0 Å². The average molecular weight is 339 g/mol. The van der Waals surface area contributed by atoms with Crippen molar-refractivity contribution < 1.29 is 9.59 Å². The highest BCUT2D eigenvalue weighted by Gasteiger charge is 2.38. The summed E-state index contributed by atoms with van der Waals surface area (Å²) in [6.07, 6.45) is 5.01. The monoisotopic (exact) mass is 339 g/mol. The van der Waals surface area contributed by atoms with Gasteiger partial charge >= 0.3 is 0 Å². The summed E-state index contributed by atoms with van der Waals surface area (Å²) in [6.45, 7) is 3.10. The molecule has 2 aliphatic rings. The predicted octanol–water partition coefficient (Wildman–Crippen LogP) is 2.80. The number of carbonyl (C=O) groups is 2. The van der Waals surface area contributed by atoms with Crippen LogP contribution in [-0.4, -0.2) is 35.3 Å². The molecular formula is C20H25N3O2. The molecule has 5 heteroatoms. The lowest BCUT2D eigenvalue weighted by Gasteiger charge is -2.34. The van der Waals surface area contributed by atoms with Gasteiger partial charge < -0.3 is 10.2 Å². The summed E-state index contributed by atoms with van der Waals surface area (Å²) in [4.78, 5) is 27.1. The molecule has 3 rings (SSSR count). The van der Waals surface area contributed by atoms with E-state index in [9.17, 15) is 14.9 Å². The van der Waals surface area contributed by atoms with E-state index in [1.165, 1.54) is 0 Å². The second-order valence-corrected chi connectivity index (χ2v) is 7.35. The van der Waals surface area contributed by atoms with Gasteiger partial charge in [-0.15, -0.1) is 0 Å². The van der Waals surface area contributed by atoms with Crippen molar-refractivity contribution >= 4 is 11.8 Å². The van der Waals surface area contributed by atoms with E-state index in [2.05, 4.69) is 11.4 Å². The molecular weight excluding hydrogens is 314 g/mol. The Hall–Kier alpha value is -2.35. The number of likely N-dealkylation sites (tertiary alicyclic amines) is 1. The van der Waals surface area contributed by atoms with E-state index >= 15 is 0 Å². The van der Waals surface area contributed by atoms with E-state index in [-0.39, 0.29) is 17.7 Å². The first-order valence-corrected chi connectivity index (χ1v) is 9.12. The number of nitrogens with one attached hydrogen (secondary N) is 1. The van der Waals surface area contributed by atoms with E-state index in [4.69, 9.17) is 0 Å². The number of amides is 2. The number of aryl methyl sites for hydroxylation is 1. The average Bonchev–Trinajstić information content (AvgIpc) is 3.11. The first kappa shape index (κ1) is 17.5. The van der Waals surface area contributed by atoms with E-state index < -0.39 is 5.54 Å². The standard InChI is InChI=1S/C20H25N3O2/c1-15-6-8-16(9-7-15)19(25)23-12-4-5-17(13-23)18(24)22-20(14-21)10-2-3-11-20/h6-9,17H,2-5,10-13H2,1H3,(H,22,24). The summed E-state index contributed by atoms with van der Waals surface area (Å²) >= 11 is 0. The van der Waals surface area contributed by atoms with Crippen LogP contribution in [0.4, 0.5) is 0 Å². The van der Waals surface area contributed by atoms with Crippen LogP contribution in [0.5, 0.6) is 0 Å². The zero-order valence-electron chi connectivity index (χ0n) is 14.8. The number of nitriles is 1.